The maximum absolute atomic E-state index is 5.22. The smallest absolute Gasteiger partial charge is 0.114 e. The van der Waals surface area contributed by atoms with Gasteiger partial charge in [-0.1, -0.05) is 16.9 Å². The number of nitrogens with zero attached hydrogens (tertiary/aromatic N) is 1. The van der Waals surface area contributed by atoms with Crippen LogP contribution < -0.4 is 0 Å². The summed E-state index contributed by atoms with van der Waals surface area (Å²) < 4.78 is 5.22. The second-order valence-corrected chi connectivity index (χ2v) is 4.91. The topological polar surface area (TPSA) is 26.0 Å². The molecule has 2 heterocycles. The van der Waals surface area contributed by atoms with E-state index in [1.807, 2.05) is 30.3 Å². The maximum Gasteiger partial charge on any atom is 0.114 e. The molecule has 2 rings (SSSR count). The van der Waals surface area contributed by atoms with Crippen LogP contribution in [0.1, 0.15) is 5.76 Å². The van der Waals surface area contributed by atoms with Gasteiger partial charge >= 0.3 is 0 Å². The Bertz CT molecular complexity index is 361. The standard InChI is InChI=1S/C10H9NOS2/c1-2-6-11-10(5-1)14-13-8-9-4-3-7-12-9/h1-7H,8H2. The van der Waals surface area contributed by atoms with Gasteiger partial charge in [0.15, 0.2) is 0 Å². The van der Waals surface area contributed by atoms with Crippen LogP contribution in [0.2, 0.25) is 0 Å². The summed E-state index contributed by atoms with van der Waals surface area (Å²) in [5.74, 6) is 1.87. The number of hydrogen-bond acceptors (Lipinski definition) is 4. The molecule has 0 bridgehead atoms. The number of pyridine rings is 1. The molecule has 0 N–H and O–H groups in total. The molecule has 0 saturated heterocycles. The Hall–Kier alpha value is -0.870. The van der Waals surface area contributed by atoms with E-state index in [4.69, 9.17) is 4.42 Å². The summed E-state index contributed by atoms with van der Waals surface area (Å²) in [6, 6.07) is 9.79. The van der Waals surface area contributed by atoms with Gasteiger partial charge in [0, 0.05) is 6.20 Å². The van der Waals surface area contributed by atoms with Crippen molar-refractivity contribution in [2.75, 3.05) is 0 Å². The summed E-state index contributed by atoms with van der Waals surface area (Å²) in [6.45, 7) is 0. The van der Waals surface area contributed by atoms with Gasteiger partial charge in [-0.05, 0) is 35.1 Å². The molecule has 0 aliphatic rings. The first-order valence-electron chi connectivity index (χ1n) is 4.18. The molecule has 72 valence electrons. The third-order valence-corrected chi connectivity index (χ3v) is 3.72. The van der Waals surface area contributed by atoms with Gasteiger partial charge in [0.2, 0.25) is 0 Å². The Morgan fingerprint density at radius 1 is 1.21 bits per heavy atom. The first-order valence-corrected chi connectivity index (χ1v) is 6.50. The van der Waals surface area contributed by atoms with E-state index in [1.165, 1.54) is 0 Å². The number of furan rings is 1. The van der Waals surface area contributed by atoms with E-state index >= 15 is 0 Å². The molecule has 0 aromatic carbocycles. The average molecular weight is 223 g/mol. The monoisotopic (exact) mass is 223 g/mol. The van der Waals surface area contributed by atoms with E-state index in [-0.39, 0.29) is 0 Å². The van der Waals surface area contributed by atoms with Gasteiger partial charge in [-0.15, -0.1) is 0 Å². The molecular formula is C10H9NOS2. The van der Waals surface area contributed by atoms with Crippen LogP contribution in [0.15, 0.2) is 52.2 Å². The van der Waals surface area contributed by atoms with Crippen LogP contribution in [-0.2, 0) is 5.75 Å². The van der Waals surface area contributed by atoms with Crippen molar-refractivity contribution in [3.05, 3.63) is 48.6 Å². The highest BCUT2D eigenvalue weighted by Gasteiger charge is 1.98. The van der Waals surface area contributed by atoms with E-state index in [0.29, 0.717) is 0 Å². The third-order valence-electron chi connectivity index (χ3n) is 1.56. The van der Waals surface area contributed by atoms with Gasteiger partial charge in [0.25, 0.3) is 0 Å². The van der Waals surface area contributed by atoms with E-state index < -0.39 is 0 Å². The molecule has 2 aromatic rings. The summed E-state index contributed by atoms with van der Waals surface area (Å²) in [6.07, 6.45) is 3.50. The summed E-state index contributed by atoms with van der Waals surface area (Å²) in [7, 11) is 3.39. The number of rotatable bonds is 4. The van der Waals surface area contributed by atoms with Crippen molar-refractivity contribution in [1.29, 1.82) is 0 Å². The fraction of sp³-hybridized carbons (Fsp3) is 0.100. The van der Waals surface area contributed by atoms with Crippen LogP contribution in [0, 0.1) is 0 Å². The highest BCUT2D eigenvalue weighted by molar-refractivity contribution is 8.76. The van der Waals surface area contributed by atoms with Crippen LogP contribution in [0.3, 0.4) is 0 Å². The molecule has 4 heteroatoms. The van der Waals surface area contributed by atoms with Crippen LogP contribution >= 0.6 is 21.6 Å². The summed E-state index contributed by atoms with van der Waals surface area (Å²) in [5.41, 5.74) is 0. The first kappa shape index (κ1) is 9.68. The molecule has 0 radical (unpaired) electrons. The number of aromatic nitrogens is 1. The van der Waals surface area contributed by atoms with Gasteiger partial charge in [0.1, 0.15) is 10.8 Å². The van der Waals surface area contributed by atoms with E-state index in [0.717, 1.165) is 16.5 Å². The molecule has 0 spiro atoms. The molecule has 0 amide bonds. The van der Waals surface area contributed by atoms with E-state index in [9.17, 15) is 0 Å². The Balaban J connectivity index is 1.79. The van der Waals surface area contributed by atoms with Gasteiger partial charge in [-0.2, -0.15) is 0 Å². The molecule has 0 fully saturated rings. The molecule has 2 aromatic heterocycles. The zero-order valence-corrected chi connectivity index (χ0v) is 9.05. The molecule has 0 aliphatic carbocycles. The molecule has 14 heavy (non-hydrogen) atoms. The fourth-order valence-corrected chi connectivity index (χ4v) is 2.82. The zero-order valence-electron chi connectivity index (χ0n) is 7.42. The normalized spacial score (nSPS) is 10.3. The van der Waals surface area contributed by atoms with Crippen molar-refractivity contribution in [2.24, 2.45) is 0 Å². The summed E-state index contributed by atoms with van der Waals surface area (Å²) in [5, 5.41) is 1.03. The van der Waals surface area contributed by atoms with Crippen molar-refractivity contribution < 1.29 is 4.42 Å². The summed E-state index contributed by atoms with van der Waals surface area (Å²) >= 11 is 0. The average Bonchev–Trinajstić information content (AvgIpc) is 2.72. The van der Waals surface area contributed by atoms with E-state index in [1.54, 1.807) is 34.0 Å². The maximum atomic E-state index is 5.22. The Labute approximate surface area is 90.5 Å². The first-order chi connectivity index (χ1) is 6.95. The zero-order chi connectivity index (χ0) is 9.64. The van der Waals surface area contributed by atoms with Gasteiger partial charge < -0.3 is 4.42 Å². The third kappa shape index (κ3) is 2.82. The minimum Gasteiger partial charge on any atom is -0.468 e. The van der Waals surface area contributed by atoms with Crippen molar-refractivity contribution in [2.45, 2.75) is 10.8 Å². The van der Waals surface area contributed by atoms with Gasteiger partial charge in [-0.3, -0.25) is 0 Å². The Morgan fingerprint density at radius 3 is 2.93 bits per heavy atom. The highest BCUT2D eigenvalue weighted by Crippen LogP contribution is 2.31. The number of hydrogen-bond donors (Lipinski definition) is 0. The van der Waals surface area contributed by atoms with Crippen molar-refractivity contribution >= 4 is 21.6 Å². The van der Waals surface area contributed by atoms with Crippen LogP contribution in [0.25, 0.3) is 0 Å². The van der Waals surface area contributed by atoms with Gasteiger partial charge in [0.05, 0.1) is 12.0 Å². The predicted molar refractivity (Wildman–Crippen MR) is 60.1 cm³/mol. The van der Waals surface area contributed by atoms with Crippen LogP contribution in [0.4, 0.5) is 0 Å². The fourth-order valence-electron chi connectivity index (χ4n) is 0.939. The lowest BCUT2D eigenvalue weighted by molar-refractivity contribution is 0.530. The minimum atomic E-state index is 0.869. The second kappa shape index (κ2) is 5.12. The molecule has 0 aliphatic heterocycles. The van der Waals surface area contributed by atoms with Crippen molar-refractivity contribution in [1.82, 2.24) is 4.98 Å². The minimum absolute atomic E-state index is 0.869. The molecule has 0 atom stereocenters. The lowest BCUT2D eigenvalue weighted by Gasteiger charge is -1.97. The van der Waals surface area contributed by atoms with E-state index in [2.05, 4.69) is 4.98 Å². The Morgan fingerprint density at radius 2 is 2.21 bits per heavy atom. The molecular weight excluding hydrogens is 214 g/mol. The van der Waals surface area contributed by atoms with Crippen LogP contribution in [0.5, 0.6) is 0 Å². The van der Waals surface area contributed by atoms with Crippen molar-refractivity contribution in [3.63, 3.8) is 0 Å². The SMILES string of the molecule is c1ccc(SSCc2ccco2)nc1. The largest absolute Gasteiger partial charge is 0.468 e. The lowest BCUT2D eigenvalue weighted by Crippen LogP contribution is -1.74. The molecule has 0 saturated carbocycles. The predicted octanol–water partition coefficient (Wildman–Crippen LogP) is 3.62. The quantitative estimate of drug-likeness (QED) is 0.739. The molecule has 0 unspecified atom stereocenters. The summed E-state index contributed by atoms with van der Waals surface area (Å²) in [4.78, 5) is 4.21. The lowest BCUT2D eigenvalue weighted by atomic mass is 10.5. The molecule has 2 nitrogen and oxygen atoms in total. The highest BCUT2D eigenvalue weighted by atomic mass is 33.1. The van der Waals surface area contributed by atoms with Crippen molar-refractivity contribution in [3.8, 4) is 0 Å². The van der Waals surface area contributed by atoms with Crippen LogP contribution in [-0.4, -0.2) is 4.98 Å². The Kier molecular flexibility index (Phi) is 3.54. The van der Waals surface area contributed by atoms with Gasteiger partial charge in [-0.25, -0.2) is 4.98 Å². The second-order valence-electron chi connectivity index (χ2n) is 2.59.